The summed E-state index contributed by atoms with van der Waals surface area (Å²) in [4.78, 5) is 4.68. The van der Waals surface area contributed by atoms with Crippen LogP contribution in [0.5, 0.6) is 0 Å². The molecular weight excluding hydrogens is 295 g/mol. The van der Waals surface area contributed by atoms with Crippen molar-refractivity contribution in [3.05, 3.63) is 29.6 Å². The van der Waals surface area contributed by atoms with Crippen LogP contribution in [0.2, 0.25) is 0 Å². The van der Waals surface area contributed by atoms with E-state index in [1.165, 1.54) is 6.07 Å². The molecule has 2 unspecified atom stereocenters. The number of nitrogens with zero attached hydrogens (tertiary/aromatic N) is 2. The predicted molar refractivity (Wildman–Crippen MR) is 77.9 cm³/mol. The van der Waals surface area contributed by atoms with Gasteiger partial charge in [-0.25, -0.2) is 4.39 Å². The van der Waals surface area contributed by atoms with Gasteiger partial charge in [0.2, 0.25) is 0 Å². The van der Waals surface area contributed by atoms with Crippen molar-refractivity contribution in [3.63, 3.8) is 0 Å². The monoisotopic (exact) mass is 314 g/mol. The van der Waals surface area contributed by atoms with Crippen LogP contribution in [0.15, 0.2) is 18.2 Å². The Labute approximate surface area is 117 Å². The van der Waals surface area contributed by atoms with Gasteiger partial charge < -0.3 is 4.90 Å². The van der Waals surface area contributed by atoms with Crippen molar-refractivity contribution in [2.75, 3.05) is 25.0 Å². The zero-order chi connectivity index (χ0) is 13.3. The third kappa shape index (κ3) is 2.54. The Hall–Kier alpha value is -0.610. The molecule has 0 radical (unpaired) electrons. The van der Waals surface area contributed by atoms with Crippen LogP contribution in [0.25, 0.3) is 0 Å². The fourth-order valence-corrected chi connectivity index (χ4v) is 3.13. The molecule has 0 N–H and O–H groups in total. The lowest BCUT2D eigenvalue weighted by atomic mass is 10.1. The molecule has 2 atom stereocenters. The van der Waals surface area contributed by atoms with E-state index in [0.29, 0.717) is 17.4 Å². The van der Waals surface area contributed by atoms with E-state index in [1.54, 1.807) is 6.07 Å². The first-order chi connectivity index (χ1) is 8.54. The normalized spacial score (nSPS) is 25.5. The standard InChI is InChI=1S/C14H20BrFN2/c1-10-8-18(9-11(2)17(10)3)14-6-4-5-13(16)12(14)7-15/h4-6,10-11H,7-9H2,1-3H3. The van der Waals surface area contributed by atoms with Crippen molar-refractivity contribution >= 4 is 21.6 Å². The third-order valence-corrected chi connectivity index (χ3v) is 4.49. The number of benzene rings is 1. The second-order valence-electron chi connectivity index (χ2n) is 5.14. The molecule has 0 aromatic heterocycles. The van der Waals surface area contributed by atoms with E-state index < -0.39 is 0 Å². The van der Waals surface area contributed by atoms with E-state index in [1.807, 2.05) is 6.07 Å². The van der Waals surface area contributed by atoms with Gasteiger partial charge in [0.05, 0.1) is 0 Å². The lowest BCUT2D eigenvalue weighted by Gasteiger charge is -2.44. The first-order valence-corrected chi connectivity index (χ1v) is 7.47. The molecule has 1 aliphatic heterocycles. The van der Waals surface area contributed by atoms with Crippen molar-refractivity contribution in [2.45, 2.75) is 31.3 Å². The smallest absolute Gasteiger partial charge is 0.129 e. The quantitative estimate of drug-likeness (QED) is 0.773. The summed E-state index contributed by atoms with van der Waals surface area (Å²) >= 11 is 3.39. The van der Waals surface area contributed by atoms with E-state index in [4.69, 9.17) is 0 Å². The van der Waals surface area contributed by atoms with Crippen LogP contribution >= 0.6 is 15.9 Å². The van der Waals surface area contributed by atoms with E-state index in [0.717, 1.165) is 24.3 Å². The van der Waals surface area contributed by atoms with Crippen LogP contribution in [-0.4, -0.2) is 37.1 Å². The van der Waals surface area contributed by atoms with Crippen LogP contribution in [0.4, 0.5) is 10.1 Å². The molecule has 4 heteroatoms. The Morgan fingerprint density at radius 1 is 1.28 bits per heavy atom. The molecular formula is C14H20BrFN2. The lowest BCUT2D eigenvalue weighted by molar-refractivity contribution is 0.170. The first-order valence-electron chi connectivity index (χ1n) is 6.34. The highest BCUT2D eigenvalue weighted by Gasteiger charge is 2.27. The van der Waals surface area contributed by atoms with Crippen molar-refractivity contribution < 1.29 is 4.39 Å². The molecule has 2 nitrogen and oxygen atoms in total. The molecule has 18 heavy (non-hydrogen) atoms. The van der Waals surface area contributed by atoms with Crippen molar-refractivity contribution in [1.29, 1.82) is 0 Å². The predicted octanol–water partition coefficient (Wildman–Crippen LogP) is 3.25. The molecule has 0 amide bonds. The maximum absolute atomic E-state index is 13.8. The molecule has 1 aromatic carbocycles. The minimum atomic E-state index is -0.122. The fraction of sp³-hybridized carbons (Fsp3) is 0.571. The molecule has 0 spiro atoms. The summed E-state index contributed by atoms with van der Waals surface area (Å²) in [5.74, 6) is -0.122. The van der Waals surface area contributed by atoms with Gasteiger partial charge in [-0.05, 0) is 33.0 Å². The molecule has 100 valence electrons. The van der Waals surface area contributed by atoms with Crippen LogP contribution in [0.3, 0.4) is 0 Å². The highest BCUT2D eigenvalue weighted by molar-refractivity contribution is 9.08. The Morgan fingerprint density at radius 2 is 1.89 bits per heavy atom. The van der Waals surface area contributed by atoms with Crippen LogP contribution in [0, 0.1) is 5.82 Å². The fourth-order valence-electron chi connectivity index (χ4n) is 2.58. The Balaban J connectivity index is 2.29. The van der Waals surface area contributed by atoms with Crippen LogP contribution in [0.1, 0.15) is 19.4 Å². The van der Waals surface area contributed by atoms with Gasteiger partial charge >= 0.3 is 0 Å². The first kappa shape index (κ1) is 13.8. The van der Waals surface area contributed by atoms with Gasteiger partial charge in [0.25, 0.3) is 0 Å². The molecule has 1 aromatic rings. The van der Waals surface area contributed by atoms with Gasteiger partial charge in [-0.15, -0.1) is 0 Å². The van der Waals surface area contributed by atoms with Gasteiger partial charge in [-0.3, -0.25) is 4.90 Å². The van der Waals surface area contributed by atoms with Crippen molar-refractivity contribution in [1.82, 2.24) is 4.90 Å². The number of hydrogen-bond donors (Lipinski definition) is 0. The molecule has 1 aliphatic rings. The summed E-state index contributed by atoms with van der Waals surface area (Å²) in [7, 11) is 2.16. The molecule has 1 saturated heterocycles. The van der Waals surface area contributed by atoms with Crippen molar-refractivity contribution in [2.24, 2.45) is 0 Å². The maximum Gasteiger partial charge on any atom is 0.129 e. The lowest BCUT2D eigenvalue weighted by Crippen LogP contribution is -2.55. The number of hydrogen-bond acceptors (Lipinski definition) is 2. The third-order valence-electron chi connectivity index (χ3n) is 3.93. The van der Waals surface area contributed by atoms with Crippen molar-refractivity contribution in [3.8, 4) is 0 Å². The summed E-state index contributed by atoms with van der Waals surface area (Å²) in [5, 5.41) is 0.560. The zero-order valence-electron chi connectivity index (χ0n) is 11.2. The maximum atomic E-state index is 13.8. The molecule has 2 rings (SSSR count). The zero-order valence-corrected chi connectivity index (χ0v) is 12.7. The molecule has 1 heterocycles. The number of halogens is 2. The van der Waals surface area contributed by atoms with Crippen LogP contribution in [-0.2, 0) is 5.33 Å². The topological polar surface area (TPSA) is 6.48 Å². The Bertz CT molecular complexity index is 412. The highest BCUT2D eigenvalue weighted by Crippen LogP contribution is 2.28. The summed E-state index contributed by atoms with van der Waals surface area (Å²) in [6.07, 6.45) is 0. The van der Waals surface area contributed by atoms with E-state index in [2.05, 4.69) is 46.6 Å². The second-order valence-corrected chi connectivity index (χ2v) is 5.70. The van der Waals surface area contributed by atoms with Gasteiger partial charge in [0.1, 0.15) is 5.82 Å². The number of rotatable bonds is 2. The average molecular weight is 315 g/mol. The largest absolute Gasteiger partial charge is 0.368 e. The summed E-state index contributed by atoms with van der Waals surface area (Å²) in [6.45, 7) is 6.33. The number of anilines is 1. The Kier molecular flexibility index (Phi) is 4.28. The van der Waals surface area contributed by atoms with E-state index >= 15 is 0 Å². The molecule has 0 saturated carbocycles. The SMILES string of the molecule is CC1CN(c2cccc(F)c2CBr)CC(C)N1C. The van der Waals surface area contributed by atoms with Gasteiger partial charge in [0.15, 0.2) is 0 Å². The van der Waals surface area contributed by atoms with Gasteiger partial charge in [-0.2, -0.15) is 0 Å². The molecule has 0 bridgehead atoms. The molecule has 1 fully saturated rings. The van der Waals surface area contributed by atoms with E-state index in [-0.39, 0.29) is 5.82 Å². The summed E-state index contributed by atoms with van der Waals surface area (Å²) in [6, 6.07) is 6.32. The minimum Gasteiger partial charge on any atom is -0.368 e. The second kappa shape index (κ2) is 5.57. The minimum absolute atomic E-state index is 0.122. The number of alkyl halides is 1. The average Bonchev–Trinajstić information content (AvgIpc) is 2.35. The summed E-state index contributed by atoms with van der Waals surface area (Å²) < 4.78 is 13.8. The summed E-state index contributed by atoms with van der Waals surface area (Å²) in [5.41, 5.74) is 1.79. The van der Waals surface area contributed by atoms with Gasteiger partial charge in [0, 0.05) is 41.8 Å². The van der Waals surface area contributed by atoms with E-state index in [9.17, 15) is 4.39 Å². The highest BCUT2D eigenvalue weighted by atomic mass is 79.9. The number of piperazine rings is 1. The van der Waals surface area contributed by atoms with Crippen LogP contribution < -0.4 is 4.90 Å². The van der Waals surface area contributed by atoms with Gasteiger partial charge in [-0.1, -0.05) is 22.0 Å². The number of likely N-dealkylation sites (N-methyl/N-ethyl adjacent to an activating group) is 1. The molecule has 0 aliphatic carbocycles. The Morgan fingerprint density at radius 3 is 2.44 bits per heavy atom.